The maximum absolute atomic E-state index is 11.4. The lowest BCUT2D eigenvalue weighted by atomic mass is 10.5. The first-order valence-corrected chi connectivity index (χ1v) is 8.96. The first kappa shape index (κ1) is 19.6. The number of aliphatic hydroxyl groups excluding tert-OH is 1. The summed E-state index contributed by atoms with van der Waals surface area (Å²) >= 11 is 1.47. The molecule has 2 rings (SSSR count). The van der Waals surface area contributed by atoms with Crippen LogP contribution in [0.2, 0.25) is 0 Å². The first-order chi connectivity index (χ1) is 10.6. The van der Waals surface area contributed by atoms with E-state index in [1.54, 1.807) is 12.3 Å². The summed E-state index contributed by atoms with van der Waals surface area (Å²) in [6, 6.07) is 1.54. The molecular weight excluding hydrogens is 353 g/mol. The molecular formula is C10H16N3O8PS. The number of carbonyl (C=O) groups is 1. The number of ether oxygens (including phenoxy) is 1. The molecule has 11 nitrogen and oxygen atoms in total. The summed E-state index contributed by atoms with van der Waals surface area (Å²) in [6.07, 6.45) is 0.0931. The third-order valence-corrected chi connectivity index (χ3v) is 4.18. The third-order valence-electron chi connectivity index (χ3n) is 2.39. The van der Waals surface area contributed by atoms with Crippen molar-refractivity contribution in [3.63, 3.8) is 0 Å². The van der Waals surface area contributed by atoms with Crippen LogP contribution < -0.4 is 11.4 Å². The fraction of sp³-hybridized carbons (Fsp3) is 0.500. The quantitative estimate of drug-likeness (QED) is 0.395. The Morgan fingerprint density at radius 2 is 2.22 bits per heavy atom. The molecule has 2 atom stereocenters. The number of aliphatic carboxylic acids is 1. The SMILES string of the molecule is Nc1ccn([C@H]2CS[C@@H](CO)O2)c(=O)n1.O=C(O)CP(=O)(O)O. The molecule has 130 valence electrons. The topological polar surface area (TPSA) is 185 Å². The molecule has 6 N–H and O–H groups in total. The van der Waals surface area contributed by atoms with Gasteiger partial charge in [0.05, 0.1) is 6.61 Å². The van der Waals surface area contributed by atoms with Crippen molar-refractivity contribution in [3.8, 4) is 0 Å². The second-order valence-corrected chi connectivity index (χ2v) is 7.13. The molecule has 0 radical (unpaired) electrons. The predicted molar refractivity (Wildman–Crippen MR) is 80.9 cm³/mol. The van der Waals surface area contributed by atoms with Crippen LogP contribution in [0, 0.1) is 0 Å². The van der Waals surface area contributed by atoms with Crippen LogP contribution in [0.1, 0.15) is 6.23 Å². The Morgan fingerprint density at radius 3 is 2.61 bits per heavy atom. The Labute approximate surface area is 134 Å². The summed E-state index contributed by atoms with van der Waals surface area (Å²) in [7, 11) is -4.32. The molecule has 0 spiro atoms. The van der Waals surface area contributed by atoms with Crippen LogP contribution in [0.15, 0.2) is 17.1 Å². The Hall–Kier alpha value is -1.43. The maximum atomic E-state index is 11.4. The molecule has 0 bridgehead atoms. The second kappa shape index (κ2) is 8.43. The summed E-state index contributed by atoms with van der Waals surface area (Å²) in [6.45, 7) is -0.0572. The second-order valence-electron chi connectivity index (χ2n) is 4.29. The van der Waals surface area contributed by atoms with Gasteiger partial charge < -0.3 is 30.5 Å². The van der Waals surface area contributed by atoms with Crippen molar-refractivity contribution in [3.05, 3.63) is 22.7 Å². The number of aromatic nitrogens is 2. The molecule has 0 aromatic carbocycles. The van der Waals surface area contributed by atoms with Gasteiger partial charge >= 0.3 is 19.3 Å². The molecule has 1 aliphatic heterocycles. The molecule has 0 unspecified atom stereocenters. The average molecular weight is 369 g/mol. The van der Waals surface area contributed by atoms with E-state index in [1.807, 2.05) is 0 Å². The number of nitrogens with zero attached hydrogens (tertiary/aromatic N) is 2. The minimum absolute atomic E-state index is 0.0572. The van der Waals surface area contributed by atoms with E-state index >= 15 is 0 Å². The summed E-state index contributed by atoms with van der Waals surface area (Å²) < 4.78 is 16.5. The highest BCUT2D eigenvalue weighted by atomic mass is 32.2. The Bertz CT molecular complexity index is 647. The van der Waals surface area contributed by atoms with Crippen molar-refractivity contribution >= 4 is 31.1 Å². The van der Waals surface area contributed by atoms with Gasteiger partial charge in [-0.25, -0.2) is 4.79 Å². The zero-order valence-electron chi connectivity index (χ0n) is 11.7. The Kier molecular flexibility index (Phi) is 7.19. The van der Waals surface area contributed by atoms with E-state index in [2.05, 4.69) is 4.98 Å². The lowest BCUT2D eigenvalue weighted by Gasteiger charge is -2.13. The minimum Gasteiger partial charge on any atom is -0.481 e. The maximum Gasteiger partial charge on any atom is 0.351 e. The molecule has 1 saturated heterocycles. The van der Waals surface area contributed by atoms with Crippen molar-refractivity contribution < 1.29 is 34.1 Å². The fourth-order valence-electron chi connectivity index (χ4n) is 1.51. The van der Waals surface area contributed by atoms with E-state index in [1.165, 1.54) is 16.3 Å². The molecule has 13 heteroatoms. The molecule has 1 fully saturated rings. The van der Waals surface area contributed by atoms with Crippen molar-refractivity contribution in [2.75, 3.05) is 24.3 Å². The fourth-order valence-corrected chi connectivity index (χ4v) is 2.79. The number of rotatable bonds is 4. The predicted octanol–water partition coefficient (Wildman–Crippen LogP) is -1.35. The molecule has 1 aliphatic rings. The number of aliphatic hydroxyl groups is 1. The van der Waals surface area contributed by atoms with Gasteiger partial charge in [-0.05, 0) is 6.07 Å². The van der Waals surface area contributed by atoms with Gasteiger partial charge in [-0.2, -0.15) is 4.98 Å². The van der Waals surface area contributed by atoms with Crippen LogP contribution in [0.25, 0.3) is 0 Å². The number of nitrogens with two attached hydrogens (primary N) is 1. The lowest BCUT2D eigenvalue weighted by Crippen LogP contribution is -2.28. The average Bonchev–Trinajstić information content (AvgIpc) is 2.85. The molecule has 0 aliphatic carbocycles. The number of nitrogen functional groups attached to an aromatic ring is 1. The highest BCUT2D eigenvalue weighted by molar-refractivity contribution is 8.00. The van der Waals surface area contributed by atoms with Gasteiger partial charge in [0.1, 0.15) is 23.6 Å². The molecule has 1 aromatic rings. The summed E-state index contributed by atoms with van der Waals surface area (Å²) in [5, 5.41) is 16.6. The number of hydrogen-bond acceptors (Lipinski definition) is 8. The van der Waals surface area contributed by atoms with Crippen molar-refractivity contribution in [1.29, 1.82) is 0 Å². The van der Waals surface area contributed by atoms with Crippen LogP contribution in [-0.2, 0) is 14.1 Å². The van der Waals surface area contributed by atoms with Crippen LogP contribution in [0.5, 0.6) is 0 Å². The zero-order valence-corrected chi connectivity index (χ0v) is 13.4. The van der Waals surface area contributed by atoms with E-state index < -0.39 is 25.4 Å². The Balaban J connectivity index is 0.000000284. The molecule has 2 heterocycles. The number of thioether (sulfide) groups is 1. The monoisotopic (exact) mass is 369 g/mol. The van der Waals surface area contributed by atoms with E-state index in [0.717, 1.165) is 0 Å². The van der Waals surface area contributed by atoms with E-state index in [9.17, 15) is 14.2 Å². The highest BCUT2D eigenvalue weighted by Gasteiger charge is 2.27. The molecule has 23 heavy (non-hydrogen) atoms. The number of hydrogen-bond donors (Lipinski definition) is 5. The standard InChI is InChI=1S/C8H11N3O3S.C2H5O5P/c9-5-1-2-11(8(13)10-5)6-4-15-7(3-12)14-6;3-2(4)1-8(5,6)7/h1-2,6-7,12H,3-4H2,(H2,9,10,13);1H2,(H,3,4)(H2,5,6,7)/t6-,7+;/m1./s1. The van der Waals surface area contributed by atoms with Crippen LogP contribution in [0.4, 0.5) is 5.82 Å². The first-order valence-electron chi connectivity index (χ1n) is 6.11. The van der Waals surface area contributed by atoms with E-state index in [-0.39, 0.29) is 24.1 Å². The Morgan fingerprint density at radius 1 is 1.57 bits per heavy atom. The lowest BCUT2D eigenvalue weighted by molar-refractivity contribution is -0.134. The zero-order chi connectivity index (χ0) is 17.6. The van der Waals surface area contributed by atoms with Gasteiger partial charge in [0.25, 0.3) is 0 Å². The largest absolute Gasteiger partial charge is 0.481 e. The summed E-state index contributed by atoms with van der Waals surface area (Å²) in [5.41, 5.74) is 4.67. The van der Waals surface area contributed by atoms with Gasteiger partial charge in [-0.15, -0.1) is 11.8 Å². The molecule has 0 amide bonds. The van der Waals surface area contributed by atoms with Gasteiger partial charge in [0.2, 0.25) is 0 Å². The molecule has 0 saturated carbocycles. The summed E-state index contributed by atoms with van der Waals surface area (Å²) in [4.78, 5) is 40.4. The minimum atomic E-state index is -4.32. The van der Waals surface area contributed by atoms with Gasteiger partial charge in [0, 0.05) is 11.9 Å². The van der Waals surface area contributed by atoms with E-state index in [0.29, 0.717) is 5.75 Å². The van der Waals surface area contributed by atoms with Crippen molar-refractivity contribution in [1.82, 2.24) is 9.55 Å². The van der Waals surface area contributed by atoms with Crippen LogP contribution >= 0.6 is 19.4 Å². The van der Waals surface area contributed by atoms with Gasteiger partial charge in [-0.3, -0.25) is 13.9 Å². The number of anilines is 1. The molecule has 1 aromatic heterocycles. The van der Waals surface area contributed by atoms with Gasteiger partial charge in [0.15, 0.2) is 0 Å². The number of carboxylic acids is 1. The van der Waals surface area contributed by atoms with Crippen molar-refractivity contribution in [2.24, 2.45) is 0 Å². The van der Waals surface area contributed by atoms with Crippen LogP contribution in [-0.4, -0.2) is 59.5 Å². The number of carboxylic acid groups (broad SMARTS) is 1. The summed E-state index contributed by atoms with van der Waals surface area (Å²) in [5.74, 6) is -0.671. The van der Waals surface area contributed by atoms with Crippen molar-refractivity contribution in [2.45, 2.75) is 11.7 Å². The third kappa shape index (κ3) is 7.12. The highest BCUT2D eigenvalue weighted by Crippen LogP contribution is 2.33. The van der Waals surface area contributed by atoms with Crippen LogP contribution in [0.3, 0.4) is 0 Å². The van der Waals surface area contributed by atoms with Gasteiger partial charge in [-0.1, -0.05) is 0 Å². The smallest absolute Gasteiger partial charge is 0.351 e. The normalized spacial score (nSPS) is 20.7. The van der Waals surface area contributed by atoms with E-state index in [4.69, 9.17) is 30.5 Å².